The quantitative estimate of drug-likeness (QED) is 0.708. The van der Waals surface area contributed by atoms with Gasteiger partial charge in [-0.3, -0.25) is 9.69 Å². The molecule has 2 aliphatic rings. The smallest absolute Gasteiger partial charge is 0.372 e. The second-order valence-electron chi connectivity index (χ2n) is 8.41. The molecule has 8 heteroatoms. The summed E-state index contributed by atoms with van der Waals surface area (Å²) >= 11 is 0. The fraction of sp³-hybridized carbons (Fsp3) is 0.458. The van der Waals surface area contributed by atoms with Crippen LogP contribution in [0.2, 0.25) is 0 Å². The van der Waals surface area contributed by atoms with E-state index in [4.69, 9.17) is 9.47 Å². The molecule has 1 N–H and O–H groups in total. The van der Waals surface area contributed by atoms with Crippen molar-refractivity contribution in [1.82, 2.24) is 4.90 Å². The van der Waals surface area contributed by atoms with E-state index in [-0.39, 0.29) is 29.8 Å². The second kappa shape index (κ2) is 9.60. The summed E-state index contributed by atoms with van der Waals surface area (Å²) < 4.78 is 51.1. The van der Waals surface area contributed by atoms with Gasteiger partial charge in [0.05, 0.1) is 30.4 Å². The molecule has 4 rings (SSSR count). The number of likely N-dealkylation sites (tertiary alicyclic amines) is 1. The first-order valence-corrected chi connectivity index (χ1v) is 10.8. The molecule has 2 aromatic carbocycles. The number of hydrogen-bond donors (Lipinski definition) is 1. The van der Waals surface area contributed by atoms with Crippen molar-refractivity contribution in [3.8, 4) is 0 Å². The van der Waals surface area contributed by atoms with E-state index in [1.807, 2.05) is 35.2 Å². The molecule has 2 aromatic rings. The normalized spacial score (nSPS) is 24.0. The van der Waals surface area contributed by atoms with E-state index in [1.165, 1.54) is 12.1 Å². The number of rotatable bonds is 6. The van der Waals surface area contributed by atoms with Gasteiger partial charge in [-0.1, -0.05) is 36.4 Å². The fourth-order valence-corrected chi connectivity index (χ4v) is 4.47. The largest absolute Gasteiger partial charge is 0.416 e. The second-order valence-corrected chi connectivity index (χ2v) is 8.41. The summed E-state index contributed by atoms with van der Waals surface area (Å²) in [6.07, 6.45) is -1.96. The van der Waals surface area contributed by atoms with Crippen molar-refractivity contribution in [2.75, 3.05) is 31.6 Å². The van der Waals surface area contributed by atoms with Crippen LogP contribution in [-0.2, 0) is 27.1 Å². The molecule has 1 amide bonds. The zero-order valence-electron chi connectivity index (χ0n) is 17.7. The summed E-state index contributed by atoms with van der Waals surface area (Å²) in [6.45, 7) is 2.45. The standard InChI is InChI=1S/C24H27F3N2O3/c25-24(26,27)19-8-4-9-20(14-19)28-22(30)16-29-12-11-23(10-5-13-32-23)21(15-29)31-17-18-6-2-1-3-7-18/h1-4,6-9,14,21H,5,10-13,15-17H2,(H,28,30)/t21-,23-/m0/s1. The van der Waals surface area contributed by atoms with Crippen molar-refractivity contribution in [3.05, 3.63) is 65.7 Å². The monoisotopic (exact) mass is 448 g/mol. The molecule has 0 radical (unpaired) electrons. The summed E-state index contributed by atoms with van der Waals surface area (Å²) in [5, 5.41) is 2.58. The highest BCUT2D eigenvalue weighted by molar-refractivity contribution is 5.92. The summed E-state index contributed by atoms with van der Waals surface area (Å²) in [5.41, 5.74) is 0.0836. The maximum atomic E-state index is 12.9. The number of alkyl halides is 3. The van der Waals surface area contributed by atoms with Crippen LogP contribution >= 0.6 is 0 Å². The number of anilines is 1. The highest BCUT2D eigenvalue weighted by Crippen LogP contribution is 2.38. The van der Waals surface area contributed by atoms with E-state index in [0.29, 0.717) is 26.3 Å². The highest BCUT2D eigenvalue weighted by atomic mass is 19.4. The Morgan fingerprint density at radius 3 is 2.69 bits per heavy atom. The number of nitrogens with one attached hydrogen (secondary N) is 1. The third kappa shape index (κ3) is 5.49. The summed E-state index contributed by atoms with van der Waals surface area (Å²) in [4.78, 5) is 14.5. The van der Waals surface area contributed by atoms with E-state index in [1.54, 1.807) is 0 Å². The number of nitrogens with zero attached hydrogens (tertiary/aromatic N) is 1. The molecule has 0 unspecified atom stereocenters. The van der Waals surface area contributed by atoms with Crippen molar-refractivity contribution < 1.29 is 27.4 Å². The van der Waals surface area contributed by atoms with Crippen molar-refractivity contribution in [2.24, 2.45) is 0 Å². The van der Waals surface area contributed by atoms with E-state index < -0.39 is 11.7 Å². The zero-order valence-corrected chi connectivity index (χ0v) is 17.7. The topological polar surface area (TPSA) is 50.8 Å². The van der Waals surface area contributed by atoms with Gasteiger partial charge >= 0.3 is 6.18 Å². The lowest BCUT2D eigenvalue weighted by atomic mass is 9.85. The molecular weight excluding hydrogens is 421 g/mol. The molecule has 0 aromatic heterocycles. The molecule has 32 heavy (non-hydrogen) atoms. The molecule has 2 heterocycles. The first kappa shape index (κ1) is 22.8. The number of amides is 1. The Morgan fingerprint density at radius 2 is 1.97 bits per heavy atom. The summed E-state index contributed by atoms with van der Waals surface area (Å²) in [5.74, 6) is -0.352. The number of halogens is 3. The predicted molar refractivity (Wildman–Crippen MR) is 114 cm³/mol. The van der Waals surface area contributed by atoms with Gasteiger partial charge in [-0.15, -0.1) is 0 Å². The summed E-state index contributed by atoms with van der Waals surface area (Å²) in [7, 11) is 0. The Bertz CT molecular complexity index is 914. The van der Waals surface area contributed by atoms with E-state index >= 15 is 0 Å². The van der Waals surface area contributed by atoms with Gasteiger partial charge in [0.25, 0.3) is 0 Å². The molecule has 2 fully saturated rings. The van der Waals surface area contributed by atoms with Gasteiger partial charge in [0.2, 0.25) is 5.91 Å². The van der Waals surface area contributed by atoms with Gasteiger partial charge in [-0.05, 0) is 43.0 Å². The van der Waals surface area contributed by atoms with Gasteiger partial charge in [0.1, 0.15) is 0 Å². The number of benzene rings is 2. The van der Waals surface area contributed by atoms with Crippen LogP contribution in [0.15, 0.2) is 54.6 Å². The Labute approximate surface area is 185 Å². The van der Waals surface area contributed by atoms with Crippen LogP contribution in [0.1, 0.15) is 30.4 Å². The van der Waals surface area contributed by atoms with Gasteiger partial charge in [-0.25, -0.2) is 0 Å². The lowest BCUT2D eigenvalue weighted by Crippen LogP contribution is -2.57. The van der Waals surface area contributed by atoms with Crippen molar-refractivity contribution in [1.29, 1.82) is 0 Å². The minimum Gasteiger partial charge on any atom is -0.372 e. The summed E-state index contributed by atoms with van der Waals surface area (Å²) in [6, 6.07) is 14.6. The van der Waals surface area contributed by atoms with Crippen LogP contribution < -0.4 is 5.32 Å². The number of piperidine rings is 1. The molecular formula is C24H27F3N2O3. The number of carbonyl (C=O) groups is 1. The molecule has 1 spiro atoms. The Morgan fingerprint density at radius 1 is 1.16 bits per heavy atom. The average molecular weight is 448 g/mol. The number of hydrogen-bond acceptors (Lipinski definition) is 4. The molecule has 0 aliphatic carbocycles. The minimum atomic E-state index is -4.45. The van der Waals surface area contributed by atoms with Crippen molar-refractivity contribution in [3.63, 3.8) is 0 Å². The van der Waals surface area contributed by atoms with Crippen molar-refractivity contribution >= 4 is 11.6 Å². The lowest BCUT2D eigenvalue weighted by molar-refractivity contribution is -0.159. The Balaban J connectivity index is 1.37. The fourth-order valence-electron chi connectivity index (χ4n) is 4.47. The first-order valence-electron chi connectivity index (χ1n) is 10.8. The molecule has 0 bridgehead atoms. The average Bonchev–Trinajstić information content (AvgIpc) is 3.24. The molecule has 5 nitrogen and oxygen atoms in total. The molecule has 0 saturated carbocycles. The molecule has 172 valence electrons. The van der Waals surface area contributed by atoms with Crippen LogP contribution in [0.4, 0.5) is 18.9 Å². The first-order chi connectivity index (χ1) is 15.3. The van der Waals surface area contributed by atoms with Crippen LogP contribution in [0, 0.1) is 0 Å². The zero-order chi connectivity index (χ0) is 22.6. The van der Waals surface area contributed by atoms with Gasteiger partial charge in [0.15, 0.2) is 0 Å². The van der Waals surface area contributed by atoms with Gasteiger partial charge in [0, 0.05) is 25.4 Å². The van der Waals surface area contributed by atoms with Crippen LogP contribution in [-0.4, -0.2) is 48.8 Å². The van der Waals surface area contributed by atoms with Gasteiger partial charge in [-0.2, -0.15) is 13.2 Å². The molecule has 2 atom stereocenters. The van der Waals surface area contributed by atoms with Crippen molar-refractivity contribution in [2.45, 2.75) is 43.8 Å². The molecule has 2 saturated heterocycles. The van der Waals surface area contributed by atoms with Crippen LogP contribution in [0.25, 0.3) is 0 Å². The predicted octanol–water partition coefficient (Wildman–Crippen LogP) is 4.48. The lowest BCUT2D eigenvalue weighted by Gasteiger charge is -2.44. The van der Waals surface area contributed by atoms with E-state index in [2.05, 4.69) is 5.32 Å². The number of carbonyl (C=O) groups excluding carboxylic acids is 1. The Kier molecular flexibility index (Phi) is 6.83. The van der Waals surface area contributed by atoms with Gasteiger partial charge < -0.3 is 14.8 Å². The Hall–Kier alpha value is -2.42. The number of ether oxygens (including phenoxy) is 2. The molecule has 2 aliphatic heterocycles. The minimum absolute atomic E-state index is 0.0809. The third-order valence-corrected chi connectivity index (χ3v) is 6.13. The third-order valence-electron chi connectivity index (χ3n) is 6.13. The van der Waals surface area contributed by atoms with E-state index in [9.17, 15) is 18.0 Å². The SMILES string of the molecule is O=C(CN1CC[C@@]2(CCCO2)[C@@H](OCc2ccccc2)C1)Nc1cccc(C(F)(F)F)c1. The highest BCUT2D eigenvalue weighted by Gasteiger charge is 2.47. The maximum Gasteiger partial charge on any atom is 0.416 e. The van der Waals surface area contributed by atoms with Crippen LogP contribution in [0.5, 0.6) is 0 Å². The van der Waals surface area contributed by atoms with E-state index in [0.717, 1.165) is 37.0 Å². The van der Waals surface area contributed by atoms with Crippen LogP contribution in [0.3, 0.4) is 0 Å². The maximum absolute atomic E-state index is 12.9.